The SMILES string of the molecule is C=C1NC(c2c(F)cccc2F)=C(c2ccccc2)CC1F.CC. The van der Waals surface area contributed by atoms with Crippen LogP contribution in [-0.4, -0.2) is 6.17 Å². The van der Waals surface area contributed by atoms with E-state index in [1.54, 1.807) is 24.3 Å². The van der Waals surface area contributed by atoms with Gasteiger partial charge in [-0.2, -0.15) is 0 Å². The van der Waals surface area contributed by atoms with Crippen LogP contribution in [0.2, 0.25) is 0 Å². The maximum atomic E-state index is 14.1. The molecule has 1 unspecified atom stereocenters. The van der Waals surface area contributed by atoms with Gasteiger partial charge < -0.3 is 5.32 Å². The van der Waals surface area contributed by atoms with Crippen molar-refractivity contribution in [1.29, 1.82) is 0 Å². The molecule has 0 saturated heterocycles. The molecule has 0 aliphatic carbocycles. The highest BCUT2D eigenvalue weighted by atomic mass is 19.1. The number of hydrogen-bond acceptors (Lipinski definition) is 1. The Morgan fingerprint density at radius 1 is 0.958 bits per heavy atom. The van der Waals surface area contributed by atoms with Crippen LogP contribution in [0.15, 0.2) is 60.8 Å². The summed E-state index contributed by atoms with van der Waals surface area (Å²) in [6, 6.07) is 12.7. The lowest BCUT2D eigenvalue weighted by molar-refractivity contribution is 0.374. The summed E-state index contributed by atoms with van der Waals surface area (Å²) < 4.78 is 42.2. The fourth-order valence-electron chi connectivity index (χ4n) is 2.57. The number of benzene rings is 2. The van der Waals surface area contributed by atoms with Gasteiger partial charge in [0, 0.05) is 12.1 Å². The van der Waals surface area contributed by atoms with Crippen LogP contribution < -0.4 is 5.32 Å². The monoisotopic (exact) mass is 331 g/mol. The van der Waals surface area contributed by atoms with E-state index in [0.717, 1.165) is 5.56 Å². The summed E-state index contributed by atoms with van der Waals surface area (Å²) in [5, 5.41) is 2.74. The predicted octanol–water partition coefficient (Wildman–Crippen LogP) is 5.70. The van der Waals surface area contributed by atoms with Gasteiger partial charge in [-0.05, 0) is 23.3 Å². The fourth-order valence-corrected chi connectivity index (χ4v) is 2.57. The van der Waals surface area contributed by atoms with E-state index in [2.05, 4.69) is 11.9 Å². The third-order valence-electron chi connectivity index (χ3n) is 3.68. The molecule has 0 aromatic heterocycles. The molecule has 1 heterocycles. The molecule has 0 amide bonds. The number of alkyl halides is 1. The molecule has 1 aliphatic rings. The largest absolute Gasteiger partial charge is 0.356 e. The van der Waals surface area contributed by atoms with E-state index < -0.39 is 17.8 Å². The first-order valence-corrected chi connectivity index (χ1v) is 7.90. The second-order valence-electron chi connectivity index (χ2n) is 5.14. The van der Waals surface area contributed by atoms with Gasteiger partial charge in [0.25, 0.3) is 0 Å². The fraction of sp³-hybridized carbons (Fsp3) is 0.200. The van der Waals surface area contributed by atoms with E-state index >= 15 is 0 Å². The molecular formula is C20H20F3N. The number of allylic oxidation sites excluding steroid dienone is 2. The number of nitrogens with one attached hydrogen (secondary N) is 1. The van der Waals surface area contributed by atoms with Gasteiger partial charge in [-0.1, -0.05) is 56.8 Å². The van der Waals surface area contributed by atoms with Crippen LogP contribution in [0, 0.1) is 11.6 Å². The van der Waals surface area contributed by atoms with Crippen LogP contribution in [0.3, 0.4) is 0 Å². The quantitative estimate of drug-likeness (QED) is 0.744. The minimum Gasteiger partial charge on any atom is -0.356 e. The minimum atomic E-state index is -1.30. The van der Waals surface area contributed by atoms with Crippen molar-refractivity contribution in [3.05, 3.63) is 83.6 Å². The van der Waals surface area contributed by atoms with Crippen molar-refractivity contribution in [1.82, 2.24) is 5.32 Å². The van der Waals surface area contributed by atoms with Gasteiger partial charge in [0.1, 0.15) is 17.8 Å². The Morgan fingerprint density at radius 2 is 1.54 bits per heavy atom. The van der Waals surface area contributed by atoms with Crippen LogP contribution >= 0.6 is 0 Å². The first-order valence-electron chi connectivity index (χ1n) is 7.90. The summed E-state index contributed by atoms with van der Waals surface area (Å²) in [5.74, 6) is -1.39. The van der Waals surface area contributed by atoms with Crippen molar-refractivity contribution in [2.24, 2.45) is 0 Å². The van der Waals surface area contributed by atoms with Crippen LogP contribution in [-0.2, 0) is 0 Å². The third-order valence-corrected chi connectivity index (χ3v) is 3.68. The van der Waals surface area contributed by atoms with Gasteiger partial charge in [-0.3, -0.25) is 0 Å². The highest BCUT2D eigenvalue weighted by molar-refractivity contribution is 5.92. The molecule has 1 atom stereocenters. The lowest BCUT2D eigenvalue weighted by Gasteiger charge is -2.27. The van der Waals surface area contributed by atoms with Crippen LogP contribution in [0.1, 0.15) is 31.4 Å². The Balaban J connectivity index is 0.00000100. The van der Waals surface area contributed by atoms with Gasteiger partial charge >= 0.3 is 0 Å². The molecule has 126 valence electrons. The van der Waals surface area contributed by atoms with Gasteiger partial charge in [0.2, 0.25) is 0 Å². The maximum Gasteiger partial charge on any atom is 0.143 e. The standard InChI is InChI=1S/C18H14F3N.C2H6/c1-11-16(21)10-13(12-6-3-2-4-7-12)18(22-11)17-14(19)8-5-9-15(17)20;1-2/h2-9,16,22H,1,10H2;1-2H3. The van der Waals surface area contributed by atoms with Crippen molar-refractivity contribution in [3.8, 4) is 0 Å². The van der Waals surface area contributed by atoms with Gasteiger partial charge in [0.05, 0.1) is 11.3 Å². The molecule has 0 radical (unpaired) electrons. The van der Waals surface area contributed by atoms with Crippen molar-refractivity contribution < 1.29 is 13.2 Å². The zero-order chi connectivity index (χ0) is 17.7. The highest BCUT2D eigenvalue weighted by Crippen LogP contribution is 2.36. The molecule has 1 N–H and O–H groups in total. The van der Waals surface area contributed by atoms with Gasteiger partial charge in [-0.25, -0.2) is 13.2 Å². The summed E-state index contributed by atoms with van der Waals surface area (Å²) in [6.07, 6.45) is -1.27. The second kappa shape index (κ2) is 7.86. The normalized spacial score (nSPS) is 17.0. The molecule has 1 nitrogen and oxygen atoms in total. The molecule has 2 aromatic carbocycles. The van der Waals surface area contributed by atoms with Crippen molar-refractivity contribution in [2.75, 3.05) is 0 Å². The Kier molecular flexibility index (Phi) is 5.85. The van der Waals surface area contributed by atoms with Crippen LogP contribution in [0.25, 0.3) is 11.3 Å². The predicted molar refractivity (Wildman–Crippen MR) is 92.8 cm³/mol. The van der Waals surface area contributed by atoms with Crippen molar-refractivity contribution >= 4 is 11.3 Å². The summed E-state index contributed by atoms with van der Waals surface area (Å²) in [4.78, 5) is 0. The molecule has 2 aromatic rings. The molecule has 0 fully saturated rings. The first kappa shape index (κ1) is 17.9. The Hall–Kier alpha value is -2.49. The van der Waals surface area contributed by atoms with Crippen molar-refractivity contribution in [2.45, 2.75) is 26.4 Å². The Bertz CT molecular complexity index is 730. The summed E-state index contributed by atoms with van der Waals surface area (Å²) in [6.45, 7) is 7.59. The zero-order valence-corrected chi connectivity index (χ0v) is 13.7. The minimum absolute atomic E-state index is 0.0267. The summed E-state index contributed by atoms with van der Waals surface area (Å²) in [7, 11) is 0. The number of hydrogen-bond donors (Lipinski definition) is 1. The molecule has 0 spiro atoms. The van der Waals surface area contributed by atoms with E-state index in [1.807, 2.05) is 19.9 Å². The number of halogens is 3. The van der Waals surface area contributed by atoms with E-state index in [9.17, 15) is 13.2 Å². The zero-order valence-electron chi connectivity index (χ0n) is 13.7. The molecule has 4 heteroatoms. The van der Waals surface area contributed by atoms with Gasteiger partial charge in [0.15, 0.2) is 0 Å². The maximum absolute atomic E-state index is 14.1. The average Bonchev–Trinajstić information content (AvgIpc) is 2.60. The first-order chi connectivity index (χ1) is 11.6. The molecule has 3 rings (SSSR count). The summed E-state index contributed by atoms with van der Waals surface area (Å²) in [5.41, 5.74) is 1.42. The lowest BCUT2D eigenvalue weighted by Crippen LogP contribution is -2.27. The topological polar surface area (TPSA) is 12.0 Å². The smallest absolute Gasteiger partial charge is 0.143 e. The van der Waals surface area contributed by atoms with E-state index in [1.165, 1.54) is 18.2 Å². The highest BCUT2D eigenvalue weighted by Gasteiger charge is 2.28. The van der Waals surface area contributed by atoms with Crippen LogP contribution in [0.4, 0.5) is 13.2 Å². The van der Waals surface area contributed by atoms with Gasteiger partial charge in [-0.15, -0.1) is 0 Å². The molecule has 0 saturated carbocycles. The van der Waals surface area contributed by atoms with E-state index in [4.69, 9.17) is 0 Å². The third kappa shape index (κ3) is 3.53. The average molecular weight is 331 g/mol. The van der Waals surface area contributed by atoms with Crippen molar-refractivity contribution in [3.63, 3.8) is 0 Å². The molecule has 0 bridgehead atoms. The molecular weight excluding hydrogens is 311 g/mol. The second-order valence-corrected chi connectivity index (χ2v) is 5.14. The molecule has 1 aliphatic heterocycles. The van der Waals surface area contributed by atoms with Crippen LogP contribution in [0.5, 0.6) is 0 Å². The summed E-state index contributed by atoms with van der Waals surface area (Å²) >= 11 is 0. The molecule has 24 heavy (non-hydrogen) atoms. The van der Waals surface area contributed by atoms with E-state index in [-0.39, 0.29) is 23.4 Å². The Labute approximate surface area is 140 Å². The number of rotatable bonds is 2. The Morgan fingerprint density at radius 3 is 2.12 bits per heavy atom. The lowest BCUT2D eigenvalue weighted by atomic mass is 9.90. The van der Waals surface area contributed by atoms with E-state index in [0.29, 0.717) is 5.57 Å².